The summed E-state index contributed by atoms with van der Waals surface area (Å²) in [6.07, 6.45) is 3.14. The van der Waals surface area contributed by atoms with Crippen molar-refractivity contribution in [3.8, 4) is 0 Å². The molecule has 3 rings (SSSR count). The quantitative estimate of drug-likeness (QED) is 0.597. The van der Waals surface area contributed by atoms with E-state index < -0.39 is 0 Å². The van der Waals surface area contributed by atoms with Crippen LogP contribution in [0.4, 0.5) is 5.69 Å². The molecule has 1 amide bonds. The van der Waals surface area contributed by atoms with E-state index in [9.17, 15) is 4.79 Å². The second-order valence-electron chi connectivity index (χ2n) is 7.01. The highest BCUT2D eigenvalue weighted by Gasteiger charge is 2.09. The van der Waals surface area contributed by atoms with E-state index in [2.05, 4.69) is 43.2 Å². The Morgan fingerprint density at radius 1 is 1.15 bits per heavy atom. The van der Waals surface area contributed by atoms with Gasteiger partial charge < -0.3 is 9.73 Å². The van der Waals surface area contributed by atoms with Crippen molar-refractivity contribution in [1.82, 2.24) is 4.98 Å². The Balaban J connectivity index is 1.67. The normalized spacial score (nSPS) is 11.2. The summed E-state index contributed by atoms with van der Waals surface area (Å²) >= 11 is 0. The predicted molar refractivity (Wildman–Crippen MR) is 106 cm³/mol. The van der Waals surface area contributed by atoms with E-state index in [0.29, 0.717) is 24.7 Å². The number of nitrogens with one attached hydrogen (secondary N) is 1. The lowest BCUT2D eigenvalue weighted by Crippen LogP contribution is -2.10. The summed E-state index contributed by atoms with van der Waals surface area (Å²) in [4.78, 5) is 16.4. The number of rotatable bonds is 7. The van der Waals surface area contributed by atoms with Crippen LogP contribution in [0.2, 0.25) is 0 Å². The third kappa shape index (κ3) is 4.51. The lowest BCUT2D eigenvalue weighted by molar-refractivity contribution is -0.116. The number of unbranched alkanes of at least 4 members (excludes halogenated alkanes) is 1. The molecule has 0 aliphatic heterocycles. The molecular formula is C22H26N2O2. The number of carbonyl (C=O) groups is 1. The molecule has 0 aliphatic rings. The maximum atomic E-state index is 11.8. The van der Waals surface area contributed by atoms with Crippen LogP contribution in [0.5, 0.6) is 0 Å². The van der Waals surface area contributed by atoms with Crippen molar-refractivity contribution in [3.63, 3.8) is 0 Å². The Bertz CT molecular complexity index is 879. The fourth-order valence-corrected chi connectivity index (χ4v) is 2.87. The summed E-state index contributed by atoms with van der Waals surface area (Å²) < 4.78 is 5.86. The van der Waals surface area contributed by atoms with Crippen LogP contribution >= 0.6 is 0 Å². The molecule has 0 unspecified atom stereocenters. The first kappa shape index (κ1) is 18.2. The number of aromatic nitrogens is 1. The molecule has 1 aromatic heterocycles. The Morgan fingerprint density at radius 3 is 2.62 bits per heavy atom. The van der Waals surface area contributed by atoms with Crippen LogP contribution in [0.25, 0.3) is 11.1 Å². The number of hydrogen-bond acceptors (Lipinski definition) is 3. The van der Waals surface area contributed by atoms with Gasteiger partial charge in [0.05, 0.1) is 0 Å². The lowest BCUT2D eigenvalue weighted by Gasteiger charge is -2.05. The van der Waals surface area contributed by atoms with E-state index in [1.165, 1.54) is 5.56 Å². The van der Waals surface area contributed by atoms with Gasteiger partial charge in [-0.2, -0.15) is 0 Å². The van der Waals surface area contributed by atoms with Crippen molar-refractivity contribution in [1.29, 1.82) is 0 Å². The summed E-state index contributed by atoms with van der Waals surface area (Å²) in [5.74, 6) is 1.25. The molecule has 4 nitrogen and oxygen atoms in total. The summed E-state index contributed by atoms with van der Waals surface area (Å²) in [6, 6.07) is 14.1. The number of fused-ring (bicyclic) bond motifs is 1. The topological polar surface area (TPSA) is 55.1 Å². The van der Waals surface area contributed by atoms with E-state index in [1.54, 1.807) is 0 Å². The molecule has 26 heavy (non-hydrogen) atoms. The highest BCUT2D eigenvalue weighted by Crippen LogP contribution is 2.23. The molecule has 0 aliphatic carbocycles. The van der Waals surface area contributed by atoms with Crippen molar-refractivity contribution in [2.24, 2.45) is 0 Å². The zero-order valence-electron chi connectivity index (χ0n) is 15.7. The van der Waals surface area contributed by atoms with Gasteiger partial charge in [0.25, 0.3) is 0 Å². The van der Waals surface area contributed by atoms with Crippen LogP contribution in [-0.2, 0) is 11.2 Å². The monoisotopic (exact) mass is 350 g/mol. The van der Waals surface area contributed by atoms with E-state index >= 15 is 0 Å². The van der Waals surface area contributed by atoms with Gasteiger partial charge in [0, 0.05) is 18.5 Å². The van der Waals surface area contributed by atoms with Gasteiger partial charge >= 0.3 is 0 Å². The van der Waals surface area contributed by atoms with Gasteiger partial charge in [-0.3, -0.25) is 4.79 Å². The second-order valence-corrected chi connectivity index (χ2v) is 7.01. The summed E-state index contributed by atoms with van der Waals surface area (Å²) in [7, 11) is 0. The summed E-state index contributed by atoms with van der Waals surface area (Å²) in [6.45, 7) is 6.42. The molecule has 3 aromatic rings. The van der Waals surface area contributed by atoms with Crippen molar-refractivity contribution in [2.75, 3.05) is 5.32 Å². The second kappa shape index (κ2) is 8.17. The van der Waals surface area contributed by atoms with Gasteiger partial charge in [-0.15, -0.1) is 0 Å². The molecule has 1 N–H and O–H groups in total. The van der Waals surface area contributed by atoms with Crippen molar-refractivity contribution >= 4 is 22.7 Å². The third-order valence-electron chi connectivity index (χ3n) is 4.47. The molecule has 0 fully saturated rings. The van der Waals surface area contributed by atoms with E-state index in [4.69, 9.17) is 4.42 Å². The Morgan fingerprint density at radius 2 is 1.92 bits per heavy atom. The molecule has 2 aromatic carbocycles. The Labute approximate surface area is 154 Å². The van der Waals surface area contributed by atoms with Crippen LogP contribution in [0.3, 0.4) is 0 Å². The minimum atomic E-state index is 0.0690. The fraction of sp³-hybridized carbons (Fsp3) is 0.364. The van der Waals surface area contributed by atoms with Crippen LogP contribution in [0, 0.1) is 0 Å². The molecule has 0 bridgehead atoms. The van der Waals surface area contributed by atoms with Crippen molar-refractivity contribution in [3.05, 3.63) is 59.5 Å². The maximum absolute atomic E-state index is 11.8. The number of benzene rings is 2. The zero-order chi connectivity index (χ0) is 18.5. The maximum Gasteiger partial charge on any atom is 0.224 e. The fourth-order valence-electron chi connectivity index (χ4n) is 2.87. The van der Waals surface area contributed by atoms with Crippen LogP contribution in [-0.4, -0.2) is 10.9 Å². The number of oxazole rings is 1. The van der Waals surface area contributed by atoms with E-state index in [0.717, 1.165) is 35.2 Å². The van der Waals surface area contributed by atoms with Crippen molar-refractivity contribution < 1.29 is 9.21 Å². The van der Waals surface area contributed by atoms with E-state index in [-0.39, 0.29) is 5.91 Å². The van der Waals surface area contributed by atoms with Crippen LogP contribution in [0.1, 0.15) is 63.0 Å². The SMILES string of the molecule is CCCCC(=O)Nc1ccc(Cc2nc3cc(C(C)C)ccc3o2)cc1. The largest absolute Gasteiger partial charge is 0.440 e. The zero-order valence-corrected chi connectivity index (χ0v) is 15.7. The first-order chi connectivity index (χ1) is 12.5. The minimum Gasteiger partial charge on any atom is -0.440 e. The predicted octanol–water partition coefficient (Wildman–Crippen LogP) is 5.67. The van der Waals surface area contributed by atoms with Gasteiger partial charge in [-0.25, -0.2) is 4.98 Å². The highest BCUT2D eigenvalue weighted by molar-refractivity contribution is 5.90. The number of nitrogens with zero attached hydrogens (tertiary/aromatic N) is 1. The minimum absolute atomic E-state index is 0.0690. The van der Waals surface area contributed by atoms with Gasteiger partial charge in [0.1, 0.15) is 5.52 Å². The van der Waals surface area contributed by atoms with Crippen LogP contribution in [0.15, 0.2) is 46.9 Å². The standard InChI is InChI=1S/C22H26N2O2/c1-4-5-6-21(25)23-18-10-7-16(8-11-18)13-22-24-19-14-17(15(2)3)9-12-20(19)26-22/h7-12,14-15H,4-6,13H2,1-3H3,(H,23,25). The Hall–Kier alpha value is -2.62. The molecule has 0 atom stereocenters. The molecular weight excluding hydrogens is 324 g/mol. The van der Waals surface area contributed by atoms with Gasteiger partial charge in [0.15, 0.2) is 11.5 Å². The molecule has 4 heteroatoms. The van der Waals surface area contributed by atoms with Gasteiger partial charge in [0.2, 0.25) is 5.91 Å². The number of anilines is 1. The summed E-state index contributed by atoms with van der Waals surface area (Å²) in [5.41, 5.74) is 4.93. The number of amides is 1. The molecule has 0 spiro atoms. The van der Waals surface area contributed by atoms with Crippen LogP contribution < -0.4 is 5.32 Å². The average molecular weight is 350 g/mol. The molecule has 0 radical (unpaired) electrons. The average Bonchev–Trinajstić information content (AvgIpc) is 3.03. The molecule has 0 saturated heterocycles. The number of carbonyl (C=O) groups excluding carboxylic acids is 1. The molecule has 0 saturated carbocycles. The Kier molecular flexibility index (Phi) is 5.71. The smallest absolute Gasteiger partial charge is 0.224 e. The highest BCUT2D eigenvalue weighted by atomic mass is 16.3. The third-order valence-corrected chi connectivity index (χ3v) is 4.47. The van der Waals surface area contributed by atoms with Gasteiger partial charge in [-0.05, 0) is 47.7 Å². The lowest BCUT2D eigenvalue weighted by atomic mass is 10.0. The first-order valence-corrected chi connectivity index (χ1v) is 9.33. The number of hydrogen-bond donors (Lipinski definition) is 1. The molecule has 136 valence electrons. The van der Waals surface area contributed by atoms with E-state index in [1.807, 2.05) is 30.3 Å². The van der Waals surface area contributed by atoms with Crippen molar-refractivity contribution in [2.45, 2.75) is 52.4 Å². The summed E-state index contributed by atoms with van der Waals surface area (Å²) in [5, 5.41) is 2.93. The van der Waals surface area contributed by atoms with Gasteiger partial charge in [-0.1, -0.05) is 45.4 Å². The first-order valence-electron chi connectivity index (χ1n) is 9.33. The molecule has 1 heterocycles.